The number of nitrogens with zero attached hydrogens (tertiary/aromatic N) is 6. The van der Waals surface area contributed by atoms with Crippen LogP contribution in [0.2, 0.25) is 0 Å². The Bertz CT molecular complexity index is 1170. The Hall–Kier alpha value is -3.24. The summed E-state index contributed by atoms with van der Waals surface area (Å²) in [4.78, 5) is 33.5. The second-order valence-corrected chi connectivity index (χ2v) is 10.1. The number of amides is 1. The average Bonchev–Trinajstić information content (AvgIpc) is 3.64. The summed E-state index contributed by atoms with van der Waals surface area (Å²) in [6.07, 6.45) is 2.25. The number of piperazine rings is 1. The number of para-hydroxylation sites is 1. The van der Waals surface area contributed by atoms with Gasteiger partial charge in [0, 0.05) is 49.8 Å². The van der Waals surface area contributed by atoms with Crippen LogP contribution in [0.4, 0.5) is 5.69 Å². The lowest BCUT2D eigenvalue weighted by molar-refractivity contribution is -0.136. The monoisotopic (exact) mass is 494 g/mol. The van der Waals surface area contributed by atoms with Crippen molar-refractivity contribution in [3.63, 3.8) is 0 Å². The van der Waals surface area contributed by atoms with E-state index in [9.17, 15) is 9.59 Å². The summed E-state index contributed by atoms with van der Waals surface area (Å²) in [6, 6.07) is 12.2. The first-order valence-electron chi connectivity index (χ1n) is 11.9. The zero-order valence-electron chi connectivity index (χ0n) is 20.0. The first-order valence-corrected chi connectivity index (χ1v) is 12.8. The van der Waals surface area contributed by atoms with Crippen molar-refractivity contribution in [3.05, 3.63) is 64.1 Å². The maximum Gasteiger partial charge on any atom is 0.360 e. The Kier molecular flexibility index (Phi) is 6.83. The first-order chi connectivity index (χ1) is 17.0. The van der Waals surface area contributed by atoms with E-state index in [0.29, 0.717) is 26.1 Å². The van der Waals surface area contributed by atoms with Crippen molar-refractivity contribution in [1.82, 2.24) is 24.8 Å². The van der Waals surface area contributed by atoms with Crippen LogP contribution in [0, 0.1) is 6.92 Å². The van der Waals surface area contributed by atoms with E-state index >= 15 is 0 Å². The lowest BCUT2D eigenvalue weighted by Gasteiger charge is -2.38. The lowest BCUT2D eigenvalue weighted by atomic mass is 10.1. The van der Waals surface area contributed by atoms with Gasteiger partial charge in [-0.25, -0.2) is 9.48 Å². The van der Waals surface area contributed by atoms with Crippen LogP contribution in [0.25, 0.3) is 0 Å². The molecule has 2 aliphatic heterocycles. The second kappa shape index (κ2) is 10.2. The fraction of sp³-hybridized carbons (Fsp3) is 0.440. The Morgan fingerprint density at radius 1 is 1.11 bits per heavy atom. The van der Waals surface area contributed by atoms with Crippen molar-refractivity contribution >= 4 is 28.9 Å². The summed E-state index contributed by atoms with van der Waals surface area (Å²) in [5, 5.41) is 10.2. The minimum absolute atomic E-state index is 0.0410. The molecule has 184 valence electrons. The SMILES string of the molecule is COC(=O)c1cn([C@@H]2C[C@@H](C(=O)N3CCN(c4ccccc4)CC3)N(Cc3sccc3C)C2)nn1. The smallest absolute Gasteiger partial charge is 0.360 e. The quantitative estimate of drug-likeness (QED) is 0.487. The molecule has 5 rings (SSSR count). The molecule has 1 aromatic carbocycles. The topological polar surface area (TPSA) is 83.8 Å². The molecule has 0 aliphatic carbocycles. The number of carbonyl (C=O) groups is 2. The highest BCUT2D eigenvalue weighted by atomic mass is 32.1. The summed E-state index contributed by atoms with van der Waals surface area (Å²) >= 11 is 1.72. The maximum atomic E-state index is 13.8. The van der Waals surface area contributed by atoms with Crippen LogP contribution >= 0.6 is 11.3 Å². The minimum Gasteiger partial charge on any atom is -0.464 e. The van der Waals surface area contributed by atoms with E-state index in [1.165, 1.54) is 23.2 Å². The molecule has 0 N–H and O–H groups in total. The summed E-state index contributed by atoms with van der Waals surface area (Å²) in [5.41, 5.74) is 2.62. The fourth-order valence-electron chi connectivity index (χ4n) is 4.94. The van der Waals surface area contributed by atoms with Crippen molar-refractivity contribution in [2.24, 2.45) is 0 Å². The molecule has 9 nitrogen and oxygen atoms in total. The Morgan fingerprint density at radius 3 is 2.57 bits per heavy atom. The summed E-state index contributed by atoms with van der Waals surface area (Å²) < 4.78 is 6.48. The molecule has 2 aliphatic rings. The van der Waals surface area contributed by atoms with Crippen molar-refractivity contribution in [2.75, 3.05) is 44.7 Å². The molecule has 0 unspecified atom stereocenters. The van der Waals surface area contributed by atoms with E-state index in [0.717, 1.165) is 19.6 Å². The number of benzene rings is 1. The van der Waals surface area contributed by atoms with E-state index in [1.54, 1.807) is 22.2 Å². The summed E-state index contributed by atoms with van der Waals surface area (Å²) in [5.74, 6) is -0.341. The Morgan fingerprint density at radius 2 is 1.89 bits per heavy atom. The molecule has 35 heavy (non-hydrogen) atoms. The van der Waals surface area contributed by atoms with Crippen LogP contribution in [0.3, 0.4) is 0 Å². The molecule has 4 heterocycles. The standard InChI is InChI=1S/C25H30N6O3S/c1-18-8-13-35-23(18)17-30-15-20(31-16-21(26-27-31)25(33)34-2)14-22(30)24(32)29-11-9-28(10-12-29)19-6-4-3-5-7-19/h3-8,13,16,20,22H,9-12,14-15,17H2,1-2H3/t20-,22+/m1/s1. The molecule has 0 spiro atoms. The van der Waals surface area contributed by atoms with Crippen molar-refractivity contribution in [3.8, 4) is 0 Å². The summed E-state index contributed by atoms with van der Waals surface area (Å²) in [7, 11) is 1.33. The highest BCUT2D eigenvalue weighted by molar-refractivity contribution is 7.10. The first kappa shape index (κ1) is 23.5. The van der Waals surface area contributed by atoms with Gasteiger partial charge in [0.25, 0.3) is 0 Å². The number of likely N-dealkylation sites (tertiary alicyclic amines) is 1. The van der Waals surface area contributed by atoms with E-state index < -0.39 is 5.97 Å². The van der Waals surface area contributed by atoms with Crippen LogP contribution in [-0.2, 0) is 16.1 Å². The lowest BCUT2D eigenvalue weighted by Crippen LogP contribution is -2.53. The van der Waals surface area contributed by atoms with E-state index in [-0.39, 0.29) is 23.7 Å². The van der Waals surface area contributed by atoms with Crippen molar-refractivity contribution in [2.45, 2.75) is 32.0 Å². The van der Waals surface area contributed by atoms with Gasteiger partial charge in [-0.05, 0) is 42.5 Å². The van der Waals surface area contributed by atoms with Gasteiger partial charge < -0.3 is 14.5 Å². The number of hydrogen-bond acceptors (Lipinski definition) is 8. The predicted molar refractivity (Wildman–Crippen MR) is 134 cm³/mol. The Balaban J connectivity index is 1.31. The van der Waals surface area contributed by atoms with Gasteiger partial charge in [0.1, 0.15) is 0 Å². The molecule has 0 bridgehead atoms. The number of methoxy groups -OCH3 is 1. The number of thiophene rings is 1. The van der Waals surface area contributed by atoms with Gasteiger partial charge in [0.05, 0.1) is 25.4 Å². The van der Waals surface area contributed by atoms with Crippen LogP contribution in [0.1, 0.15) is 33.4 Å². The number of hydrogen-bond donors (Lipinski definition) is 0. The molecule has 2 atom stereocenters. The molecule has 3 aromatic rings. The number of ether oxygens (including phenoxy) is 1. The Labute approximate surface area is 208 Å². The van der Waals surface area contributed by atoms with Crippen LogP contribution < -0.4 is 4.90 Å². The molecule has 10 heteroatoms. The predicted octanol–water partition coefficient (Wildman–Crippen LogP) is 2.60. The molecule has 0 saturated carbocycles. The molecule has 2 aromatic heterocycles. The number of anilines is 1. The zero-order valence-corrected chi connectivity index (χ0v) is 20.9. The van der Waals surface area contributed by atoms with Gasteiger partial charge in [0.15, 0.2) is 5.69 Å². The molecule has 2 fully saturated rings. The third kappa shape index (κ3) is 4.94. The van der Waals surface area contributed by atoms with E-state index in [4.69, 9.17) is 4.74 Å². The molecular weight excluding hydrogens is 464 g/mol. The normalized spacial score (nSPS) is 20.9. The van der Waals surface area contributed by atoms with Crippen LogP contribution in [0.15, 0.2) is 48.0 Å². The van der Waals surface area contributed by atoms with E-state index in [1.807, 2.05) is 23.1 Å². The average molecular weight is 495 g/mol. The van der Waals surface area contributed by atoms with Gasteiger partial charge in [-0.1, -0.05) is 23.4 Å². The van der Waals surface area contributed by atoms with Crippen LogP contribution in [0.5, 0.6) is 0 Å². The van der Waals surface area contributed by atoms with Gasteiger partial charge >= 0.3 is 5.97 Å². The number of carbonyl (C=O) groups excluding carboxylic acids is 2. The highest BCUT2D eigenvalue weighted by Crippen LogP contribution is 2.32. The van der Waals surface area contributed by atoms with Crippen molar-refractivity contribution in [1.29, 1.82) is 0 Å². The molecule has 2 saturated heterocycles. The molecular formula is C25H30N6O3S. The maximum absolute atomic E-state index is 13.8. The molecule has 0 radical (unpaired) electrons. The minimum atomic E-state index is -0.510. The molecule has 1 amide bonds. The third-order valence-electron chi connectivity index (χ3n) is 6.97. The fourth-order valence-corrected chi connectivity index (χ4v) is 5.87. The number of rotatable bonds is 6. The van der Waals surface area contributed by atoms with Gasteiger partial charge in [0.2, 0.25) is 5.91 Å². The van der Waals surface area contributed by atoms with Crippen molar-refractivity contribution < 1.29 is 14.3 Å². The summed E-state index contributed by atoms with van der Waals surface area (Å²) in [6.45, 7) is 6.55. The number of aryl methyl sites for hydroxylation is 1. The van der Waals surface area contributed by atoms with Gasteiger partial charge in [-0.2, -0.15) is 0 Å². The highest BCUT2D eigenvalue weighted by Gasteiger charge is 2.41. The number of aromatic nitrogens is 3. The third-order valence-corrected chi connectivity index (χ3v) is 7.98. The van der Waals surface area contributed by atoms with E-state index in [2.05, 4.69) is 50.6 Å². The van der Waals surface area contributed by atoms with Gasteiger partial charge in [-0.3, -0.25) is 9.69 Å². The zero-order chi connectivity index (χ0) is 24.4. The van der Waals surface area contributed by atoms with Gasteiger partial charge in [-0.15, -0.1) is 16.4 Å². The number of esters is 1. The largest absolute Gasteiger partial charge is 0.464 e. The second-order valence-electron chi connectivity index (χ2n) is 9.08. The van der Waals surface area contributed by atoms with Crippen LogP contribution in [-0.4, -0.2) is 82.5 Å².